The average Bonchev–Trinajstić information content (AvgIpc) is 3.12. The van der Waals surface area contributed by atoms with E-state index in [4.69, 9.17) is 11.6 Å². The Morgan fingerprint density at radius 3 is 2.48 bits per heavy atom. The number of benzene rings is 2. The molecule has 2 N–H and O–H groups in total. The number of halogens is 2. The number of hydrogen-bond acceptors (Lipinski definition) is 3. The van der Waals surface area contributed by atoms with Gasteiger partial charge in [0.05, 0.1) is 10.7 Å². The van der Waals surface area contributed by atoms with E-state index >= 15 is 0 Å². The Hall–Kier alpha value is -2.27. The summed E-state index contributed by atoms with van der Waals surface area (Å²) >= 11 is 5.94. The number of carbonyl (C=O) groups excluding carboxylic acids is 1. The number of anilines is 3. The molecule has 1 aliphatic rings. The molecule has 0 spiro atoms. The SMILES string of the molecule is C[C@@H](Nc1ccc(N2CCCC2)cc1)C(=O)Nc1ccc(F)cc1Cl. The molecular formula is C19H21ClFN3O. The molecule has 0 unspecified atom stereocenters. The van der Waals surface area contributed by atoms with Crippen LogP contribution in [0.5, 0.6) is 0 Å². The maximum atomic E-state index is 13.1. The van der Waals surface area contributed by atoms with E-state index in [0.717, 1.165) is 18.8 Å². The third-order valence-corrected chi connectivity index (χ3v) is 4.62. The molecule has 3 rings (SSSR count). The molecule has 1 atom stereocenters. The Morgan fingerprint density at radius 1 is 1.16 bits per heavy atom. The van der Waals surface area contributed by atoms with E-state index in [0.29, 0.717) is 5.69 Å². The largest absolute Gasteiger partial charge is 0.374 e. The van der Waals surface area contributed by atoms with Crippen LogP contribution >= 0.6 is 11.6 Å². The van der Waals surface area contributed by atoms with E-state index in [9.17, 15) is 9.18 Å². The van der Waals surface area contributed by atoms with Gasteiger partial charge in [-0.15, -0.1) is 0 Å². The second-order valence-corrected chi connectivity index (χ2v) is 6.63. The summed E-state index contributed by atoms with van der Waals surface area (Å²) in [5, 5.41) is 6.04. The predicted octanol–water partition coefficient (Wildman–Crippen LogP) is 4.52. The van der Waals surface area contributed by atoms with Crippen LogP contribution in [-0.4, -0.2) is 25.0 Å². The second-order valence-electron chi connectivity index (χ2n) is 6.22. The first-order valence-corrected chi connectivity index (χ1v) is 8.78. The first-order chi connectivity index (χ1) is 12.0. The van der Waals surface area contributed by atoms with Gasteiger partial charge in [-0.05, 0) is 62.2 Å². The summed E-state index contributed by atoms with van der Waals surface area (Å²) in [7, 11) is 0. The quantitative estimate of drug-likeness (QED) is 0.823. The van der Waals surface area contributed by atoms with Crippen LogP contribution in [0.1, 0.15) is 19.8 Å². The summed E-state index contributed by atoms with van der Waals surface area (Å²) in [5.41, 5.74) is 2.47. The highest BCUT2D eigenvalue weighted by atomic mass is 35.5. The lowest BCUT2D eigenvalue weighted by molar-refractivity contribution is -0.116. The molecule has 0 aromatic heterocycles. The van der Waals surface area contributed by atoms with E-state index in [1.54, 1.807) is 6.92 Å². The monoisotopic (exact) mass is 361 g/mol. The van der Waals surface area contributed by atoms with E-state index in [-0.39, 0.29) is 10.9 Å². The van der Waals surface area contributed by atoms with Crippen molar-refractivity contribution >= 4 is 34.6 Å². The molecule has 2 aromatic carbocycles. The molecule has 0 saturated carbocycles. The van der Waals surface area contributed by atoms with Gasteiger partial charge in [0.2, 0.25) is 5.91 Å². The van der Waals surface area contributed by atoms with Crippen molar-refractivity contribution in [2.24, 2.45) is 0 Å². The van der Waals surface area contributed by atoms with E-state index in [1.165, 1.54) is 36.7 Å². The van der Waals surface area contributed by atoms with Crippen molar-refractivity contribution in [3.8, 4) is 0 Å². The number of nitrogens with one attached hydrogen (secondary N) is 2. The second kappa shape index (κ2) is 7.74. The highest BCUT2D eigenvalue weighted by Gasteiger charge is 2.15. The highest BCUT2D eigenvalue weighted by Crippen LogP contribution is 2.24. The lowest BCUT2D eigenvalue weighted by Crippen LogP contribution is -2.32. The van der Waals surface area contributed by atoms with Crippen molar-refractivity contribution in [3.05, 3.63) is 53.3 Å². The average molecular weight is 362 g/mol. The van der Waals surface area contributed by atoms with Gasteiger partial charge in [0, 0.05) is 24.5 Å². The van der Waals surface area contributed by atoms with Gasteiger partial charge >= 0.3 is 0 Å². The summed E-state index contributed by atoms with van der Waals surface area (Å²) in [4.78, 5) is 14.7. The van der Waals surface area contributed by atoms with E-state index < -0.39 is 11.9 Å². The van der Waals surface area contributed by atoms with Gasteiger partial charge in [0.25, 0.3) is 0 Å². The zero-order chi connectivity index (χ0) is 17.8. The summed E-state index contributed by atoms with van der Waals surface area (Å²) in [6, 6.07) is 11.5. The summed E-state index contributed by atoms with van der Waals surface area (Å²) in [6.07, 6.45) is 2.48. The molecule has 1 saturated heterocycles. The van der Waals surface area contributed by atoms with Gasteiger partial charge in [0.1, 0.15) is 11.9 Å². The first kappa shape index (κ1) is 17.5. The van der Waals surface area contributed by atoms with Gasteiger partial charge in [-0.1, -0.05) is 11.6 Å². The van der Waals surface area contributed by atoms with Crippen LogP contribution in [0.4, 0.5) is 21.5 Å². The number of carbonyl (C=O) groups is 1. The van der Waals surface area contributed by atoms with Crippen LogP contribution in [0.2, 0.25) is 5.02 Å². The molecule has 1 fully saturated rings. The third-order valence-electron chi connectivity index (χ3n) is 4.30. The molecule has 132 valence electrons. The number of rotatable bonds is 5. The predicted molar refractivity (Wildman–Crippen MR) is 101 cm³/mol. The molecule has 1 aliphatic heterocycles. The maximum Gasteiger partial charge on any atom is 0.246 e. The zero-order valence-corrected chi connectivity index (χ0v) is 14.8. The molecule has 1 heterocycles. The summed E-state index contributed by atoms with van der Waals surface area (Å²) < 4.78 is 13.1. The van der Waals surface area contributed by atoms with Crippen molar-refractivity contribution in [1.29, 1.82) is 0 Å². The van der Waals surface area contributed by atoms with Crippen LogP contribution in [0, 0.1) is 5.82 Å². The van der Waals surface area contributed by atoms with Crippen LogP contribution in [-0.2, 0) is 4.79 Å². The van der Waals surface area contributed by atoms with Crippen molar-refractivity contribution in [2.45, 2.75) is 25.8 Å². The van der Waals surface area contributed by atoms with Crippen molar-refractivity contribution in [1.82, 2.24) is 0 Å². The van der Waals surface area contributed by atoms with E-state index in [2.05, 4.69) is 27.7 Å². The minimum Gasteiger partial charge on any atom is -0.374 e. The molecule has 6 heteroatoms. The maximum absolute atomic E-state index is 13.1. The zero-order valence-electron chi connectivity index (χ0n) is 14.1. The molecule has 0 radical (unpaired) electrons. The van der Waals surface area contributed by atoms with Crippen LogP contribution in [0.15, 0.2) is 42.5 Å². The molecule has 4 nitrogen and oxygen atoms in total. The fourth-order valence-electron chi connectivity index (χ4n) is 2.89. The van der Waals surface area contributed by atoms with Crippen LogP contribution in [0.25, 0.3) is 0 Å². The lowest BCUT2D eigenvalue weighted by atomic mass is 10.2. The van der Waals surface area contributed by atoms with Gasteiger partial charge in [-0.2, -0.15) is 0 Å². The fourth-order valence-corrected chi connectivity index (χ4v) is 3.11. The topological polar surface area (TPSA) is 44.4 Å². The Bertz CT molecular complexity index is 745. The smallest absolute Gasteiger partial charge is 0.246 e. The first-order valence-electron chi connectivity index (χ1n) is 8.40. The third kappa shape index (κ3) is 4.42. The van der Waals surface area contributed by atoms with Gasteiger partial charge in [-0.3, -0.25) is 4.79 Å². The van der Waals surface area contributed by atoms with E-state index in [1.807, 2.05) is 12.1 Å². The standard InChI is InChI=1S/C19H21ClFN3O/c1-13(19(25)23-18-9-4-14(21)12-17(18)20)22-15-5-7-16(8-6-15)24-10-2-3-11-24/h4-9,12-13,22H,2-3,10-11H2,1H3,(H,23,25)/t13-/m1/s1. The van der Waals surface area contributed by atoms with Gasteiger partial charge < -0.3 is 15.5 Å². The number of amides is 1. The Labute approximate surface area is 152 Å². The Balaban J connectivity index is 1.59. The van der Waals surface area contributed by atoms with Crippen molar-refractivity contribution in [3.63, 3.8) is 0 Å². The minimum absolute atomic E-state index is 0.176. The minimum atomic E-state index is -0.459. The highest BCUT2D eigenvalue weighted by molar-refractivity contribution is 6.33. The molecule has 0 bridgehead atoms. The van der Waals surface area contributed by atoms with Crippen molar-refractivity contribution in [2.75, 3.05) is 28.6 Å². The van der Waals surface area contributed by atoms with Gasteiger partial charge in [0.15, 0.2) is 0 Å². The Morgan fingerprint density at radius 2 is 1.84 bits per heavy atom. The normalized spacial score (nSPS) is 15.1. The summed E-state index contributed by atoms with van der Waals surface area (Å²) in [6.45, 7) is 3.97. The lowest BCUT2D eigenvalue weighted by Gasteiger charge is -2.19. The molecule has 2 aromatic rings. The summed E-state index contributed by atoms with van der Waals surface area (Å²) in [5.74, 6) is -0.676. The number of nitrogens with zero attached hydrogens (tertiary/aromatic N) is 1. The van der Waals surface area contributed by atoms with Crippen LogP contribution in [0.3, 0.4) is 0 Å². The molecule has 0 aliphatic carbocycles. The molecule has 1 amide bonds. The molecule has 25 heavy (non-hydrogen) atoms. The van der Waals surface area contributed by atoms with Gasteiger partial charge in [-0.25, -0.2) is 4.39 Å². The van der Waals surface area contributed by atoms with Crippen LogP contribution < -0.4 is 15.5 Å². The molecular weight excluding hydrogens is 341 g/mol. The van der Waals surface area contributed by atoms with Crippen molar-refractivity contribution < 1.29 is 9.18 Å². The number of hydrogen-bond donors (Lipinski definition) is 2. The fraction of sp³-hybridized carbons (Fsp3) is 0.316. The Kier molecular flexibility index (Phi) is 5.43.